The lowest BCUT2D eigenvalue weighted by Gasteiger charge is -2.62. The van der Waals surface area contributed by atoms with Crippen LogP contribution >= 0.6 is 24.0 Å². The molecule has 0 bridgehead atoms. The van der Waals surface area contributed by atoms with Gasteiger partial charge in [-0.05, 0) is 44.9 Å². The summed E-state index contributed by atoms with van der Waals surface area (Å²) in [5, 5.41) is 3.32. The maximum absolute atomic E-state index is 13.1. The van der Waals surface area contributed by atoms with Gasteiger partial charge in [-0.1, -0.05) is 26.0 Å². The van der Waals surface area contributed by atoms with Crippen LogP contribution in [0.5, 0.6) is 0 Å². The first-order valence-corrected chi connectivity index (χ1v) is 9.18. The van der Waals surface area contributed by atoms with Gasteiger partial charge in [0.15, 0.2) is 5.96 Å². The first-order chi connectivity index (χ1) is 12.1. The van der Waals surface area contributed by atoms with E-state index >= 15 is 0 Å². The third kappa shape index (κ3) is 5.33. The Hall–Kier alpha value is -1.38. The molecular formula is C20H32FIN4O. The lowest BCUT2D eigenvalue weighted by atomic mass is 9.65. The number of halogens is 2. The van der Waals surface area contributed by atoms with Crippen LogP contribution in [0, 0.1) is 17.2 Å². The van der Waals surface area contributed by atoms with Crippen LogP contribution in [-0.2, 0) is 11.2 Å². The fourth-order valence-electron chi connectivity index (χ4n) is 3.15. The molecule has 1 fully saturated rings. The summed E-state index contributed by atoms with van der Waals surface area (Å²) in [6.07, 6.45) is 0.452. The van der Waals surface area contributed by atoms with Crippen molar-refractivity contribution >= 4 is 35.8 Å². The average Bonchev–Trinajstić information content (AvgIpc) is 2.57. The molecule has 0 aromatic heterocycles. The highest BCUT2D eigenvalue weighted by Gasteiger charge is 2.53. The molecule has 3 N–H and O–H groups in total. The monoisotopic (exact) mass is 490 g/mol. The number of hydrogen-bond acceptors (Lipinski definition) is 2. The molecule has 1 aromatic rings. The second kappa shape index (κ2) is 9.21. The molecule has 1 saturated heterocycles. The van der Waals surface area contributed by atoms with Crippen molar-refractivity contribution in [1.82, 2.24) is 10.2 Å². The van der Waals surface area contributed by atoms with Gasteiger partial charge >= 0.3 is 0 Å². The molecule has 1 aromatic carbocycles. The molecule has 5 nitrogen and oxygen atoms in total. The summed E-state index contributed by atoms with van der Waals surface area (Å²) >= 11 is 0. The van der Waals surface area contributed by atoms with Gasteiger partial charge in [0, 0.05) is 24.0 Å². The van der Waals surface area contributed by atoms with Gasteiger partial charge in [-0.25, -0.2) is 4.39 Å². The molecule has 1 unspecified atom stereocenters. The van der Waals surface area contributed by atoms with Crippen LogP contribution in [0.3, 0.4) is 0 Å². The molecule has 2 rings (SSSR count). The van der Waals surface area contributed by atoms with E-state index in [4.69, 9.17) is 5.73 Å². The van der Waals surface area contributed by atoms with Crippen molar-refractivity contribution in [2.45, 2.75) is 46.6 Å². The van der Waals surface area contributed by atoms with Crippen molar-refractivity contribution in [3.8, 4) is 0 Å². The van der Waals surface area contributed by atoms with Crippen LogP contribution in [0.4, 0.5) is 4.39 Å². The molecule has 1 atom stereocenters. The van der Waals surface area contributed by atoms with Crippen molar-refractivity contribution in [1.29, 1.82) is 0 Å². The number of primary amides is 1. The number of likely N-dealkylation sites (tertiary alicyclic amines) is 1. The molecule has 0 aliphatic carbocycles. The summed E-state index contributed by atoms with van der Waals surface area (Å²) in [6.45, 7) is 12.9. The lowest BCUT2D eigenvalue weighted by molar-refractivity contribution is -0.121. The van der Waals surface area contributed by atoms with Crippen molar-refractivity contribution in [3.63, 3.8) is 0 Å². The van der Waals surface area contributed by atoms with Gasteiger partial charge in [0.2, 0.25) is 5.91 Å². The van der Waals surface area contributed by atoms with Crippen LogP contribution in [0.2, 0.25) is 0 Å². The Morgan fingerprint density at radius 2 is 1.89 bits per heavy atom. The number of guanidine groups is 1. The van der Waals surface area contributed by atoms with E-state index < -0.39 is 11.8 Å². The van der Waals surface area contributed by atoms with Crippen LogP contribution in [0.25, 0.3) is 0 Å². The summed E-state index contributed by atoms with van der Waals surface area (Å²) in [4.78, 5) is 18.8. The van der Waals surface area contributed by atoms with Crippen molar-refractivity contribution in [2.24, 2.45) is 22.1 Å². The van der Waals surface area contributed by atoms with Crippen molar-refractivity contribution < 1.29 is 9.18 Å². The van der Waals surface area contributed by atoms with Gasteiger partial charge in [-0.15, -0.1) is 24.0 Å². The van der Waals surface area contributed by atoms with Gasteiger partial charge in [0.25, 0.3) is 0 Å². The van der Waals surface area contributed by atoms with Gasteiger partial charge in [-0.2, -0.15) is 0 Å². The quantitative estimate of drug-likeness (QED) is 0.366. The van der Waals surface area contributed by atoms with Crippen LogP contribution in [0.15, 0.2) is 29.3 Å². The number of nitrogens with two attached hydrogens (primary N) is 1. The Morgan fingerprint density at radius 3 is 2.33 bits per heavy atom. The predicted molar refractivity (Wildman–Crippen MR) is 119 cm³/mol. The van der Waals surface area contributed by atoms with E-state index in [1.165, 1.54) is 12.1 Å². The average molecular weight is 490 g/mol. The van der Waals surface area contributed by atoms with Gasteiger partial charge in [0.05, 0.1) is 12.5 Å². The van der Waals surface area contributed by atoms with Crippen LogP contribution < -0.4 is 11.1 Å². The highest BCUT2D eigenvalue weighted by atomic mass is 127. The minimum atomic E-state index is -0.425. The van der Waals surface area contributed by atoms with E-state index in [-0.39, 0.29) is 40.7 Å². The second-order valence-corrected chi connectivity index (χ2v) is 8.15. The maximum Gasteiger partial charge on any atom is 0.222 e. The number of carbonyl (C=O) groups excluding carboxylic acids is 1. The largest absolute Gasteiger partial charge is 0.369 e. The Balaban J connectivity index is 0.00000364. The summed E-state index contributed by atoms with van der Waals surface area (Å²) in [7, 11) is 0. The maximum atomic E-state index is 13.1. The molecule has 1 heterocycles. The van der Waals surface area contributed by atoms with E-state index in [0.29, 0.717) is 13.0 Å². The zero-order valence-electron chi connectivity index (χ0n) is 16.9. The predicted octanol–water partition coefficient (Wildman–Crippen LogP) is 3.17. The first kappa shape index (κ1) is 23.7. The number of carbonyl (C=O) groups is 1. The number of amides is 1. The Labute approximate surface area is 179 Å². The van der Waals surface area contributed by atoms with Crippen LogP contribution in [-0.4, -0.2) is 41.9 Å². The molecule has 152 valence electrons. The number of hydrogen-bond donors (Lipinski definition) is 2. The standard InChI is InChI=1S/C20H31FN4O.HI/c1-6-23-18(25-13-19(2,3)20(25,4)5)24-12-15(17(22)26)11-14-7-9-16(21)10-8-14;/h7-10,15H,6,11-13H2,1-5H3,(H2,22,26)(H,23,24);1H. The normalized spacial score (nSPS) is 18.9. The van der Waals surface area contributed by atoms with E-state index in [1.54, 1.807) is 12.1 Å². The van der Waals surface area contributed by atoms with Crippen molar-refractivity contribution in [2.75, 3.05) is 19.6 Å². The summed E-state index contributed by atoms with van der Waals surface area (Å²) < 4.78 is 13.1. The van der Waals surface area contributed by atoms with Gasteiger partial charge < -0.3 is 16.0 Å². The topological polar surface area (TPSA) is 70.7 Å². The number of nitrogens with zero attached hydrogens (tertiary/aromatic N) is 2. The Bertz CT molecular complexity index is 673. The van der Waals surface area contributed by atoms with E-state index in [1.807, 2.05) is 6.92 Å². The molecule has 27 heavy (non-hydrogen) atoms. The molecule has 7 heteroatoms. The molecule has 0 spiro atoms. The van der Waals surface area contributed by atoms with E-state index in [9.17, 15) is 9.18 Å². The summed E-state index contributed by atoms with van der Waals surface area (Å²) in [5.74, 6) is -0.301. The van der Waals surface area contributed by atoms with Crippen LogP contribution in [0.1, 0.15) is 40.2 Å². The molecular weight excluding hydrogens is 458 g/mol. The number of aliphatic imine (C=N–C) groups is 1. The second-order valence-electron chi connectivity index (χ2n) is 8.15. The number of nitrogens with one attached hydrogen (secondary N) is 1. The van der Waals surface area contributed by atoms with E-state index in [2.05, 4.69) is 42.9 Å². The highest BCUT2D eigenvalue weighted by molar-refractivity contribution is 14.0. The molecule has 0 radical (unpaired) electrons. The lowest BCUT2D eigenvalue weighted by Crippen LogP contribution is -2.72. The van der Waals surface area contributed by atoms with E-state index in [0.717, 1.165) is 24.6 Å². The molecule has 1 aliphatic heterocycles. The third-order valence-electron chi connectivity index (χ3n) is 5.73. The number of benzene rings is 1. The number of rotatable bonds is 6. The van der Waals surface area contributed by atoms with Gasteiger partial charge in [-0.3, -0.25) is 9.79 Å². The molecule has 1 amide bonds. The zero-order chi connectivity index (χ0) is 19.5. The van der Waals surface area contributed by atoms with Gasteiger partial charge in [0.1, 0.15) is 5.82 Å². The summed E-state index contributed by atoms with van der Waals surface area (Å²) in [5.41, 5.74) is 6.63. The molecule has 1 aliphatic rings. The SMILES string of the molecule is CCNC(=NCC(Cc1ccc(F)cc1)C(N)=O)N1CC(C)(C)C1(C)C.I. The zero-order valence-corrected chi connectivity index (χ0v) is 19.2. The van der Waals surface area contributed by atoms with Crippen molar-refractivity contribution in [3.05, 3.63) is 35.6 Å². The third-order valence-corrected chi connectivity index (χ3v) is 5.73. The first-order valence-electron chi connectivity index (χ1n) is 9.18. The minimum absolute atomic E-state index is 0. The smallest absolute Gasteiger partial charge is 0.222 e. The Kier molecular flexibility index (Phi) is 8.07. The molecule has 0 saturated carbocycles. The fraction of sp³-hybridized carbons (Fsp3) is 0.600. The highest BCUT2D eigenvalue weighted by Crippen LogP contribution is 2.46. The minimum Gasteiger partial charge on any atom is -0.369 e. The summed E-state index contributed by atoms with van der Waals surface area (Å²) in [6, 6.07) is 6.15. The fourth-order valence-corrected chi connectivity index (χ4v) is 3.15. The Morgan fingerprint density at radius 1 is 1.30 bits per heavy atom.